The molecule has 0 radical (unpaired) electrons. The smallest absolute Gasteiger partial charge is 0.307 e. The third-order valence-corrected chi connectivity index (χ3v) is 6.95. The van der Waals surface area contributed by atoms with Crippen molar-refractivity contribution >= 4 is 22.7 Å². The monoisotopic (exact) mass is 488 g/mol. The predicted octanol–water partition coefficient (Wildman–Crippen LogP) is 4.85. The molecule has 3 aromatic carbocycles. The van der Waals surface area contributed by atoms with Gasteiger partial charge in [0.05, 0.1) is 18.9 Å². The first-order chi connectivity index (χ1) is 17.4. The number of carbonyl (C=O) groups excluding carboxylic acids is 1. The first-order valence-electron chi connectivity index (χ1n) is 12.0. The molecule has 0 saturated carbocycles. The van der Waals surface area contributed by atoms with Crippen LogP contribution in [0.5, 0.6) is 0 Å². The van der Waals surface area contributed by atoms with E-state index in [1.807, 2.05) is 24.3 Å². The molecule has 36 heavy (non-hydrogen) atoms. The van der Waals surface area contributed by atoms with Gasteiger partial charge in [-0.2, -0.15) is 0 Å². The van der Waals surface area contributed by atoms with Crippen LogP contribution in [-0.2, 0) is 29.0 Å². The number of hydrogen-bond acceptors (Lipinski definition) is 3. The summed E-state index contributed by atoms with van der Waals surface area (Å²) >= 11 is 0. The molecule has 0 amide bonds. The molecule has 0 saturated heterocycles. The largest absolute Gasteiger partial charge is 0.481 e. The van der Waals surface area contributed by atoms with Gasteiger partial charge in [-0.3, -0.25) is 9.59 Å². The van der Waals surface area contributed by atoms with E-state index in [1.165, 1.54) is 24.3 Å². The van der Waals surface area contributed by atoms with E-state index >= 15 is 0 Å². The summed E-state index contributed by atoms with van der Waals surface area (Å²) in [7, 11) is 0. The van der Waals surface area contributed by atoms with Crippen molar-refractivity contribution in [1.29, 1.82) is 0 Å². The van der Waals surface area contributed by atoms with Crippen molar-refractivity contribution in [2.24, 2.45) is 0 Å². The van der Waals surface area contributed by atoms with E-state index in [4.69, 9.17) is 0 Å². The van der Waals surface area contributed by atoms with Gasteiger partial charge in [0.15, 0.2) is 5.78 Å². The van der Waals surface area contributed by atoms with E-state index in [0.717, 1.165) is 28.6 Å². The van der Waals surface area contributed by atoms with Crippen LogP contribution >= 0.6 is 0 Å². The minimum atomic E-state index is -0.854. The number of carbonyl (C=O) groups is 2. The first-order valence-corrected chi connectivity index (χ1v) is 12.0. The third kappa shape index (κ3) is 4.79. The molecule has 0 unspecified atom stereocenters. The van der Waals surface area contributed by atoms with Crippen LogP contribution in [0.4, 0.5) is 8.78 Å². The molecule has 1 aliphatic rings. The Morgan fingerprint density at radius 3 is 2.17 bits per heavy atom. The topological polar surface area (TPSA) is 71.3 Å². The van der Waals surface area contributed by atoms with Gasteiger partial charge in [-0.25, -0.2) is 8.78 Å². The number of fused-ring (bicyclic) bond motifs is 3. The molecule has 1 aliphatic heterocycles. The van der Waals surface area contributed by atoms with E-state index < -0.39 is 11.9 Å². The molecule has 1 atom stereocenters. The molecule has 1 aromatic heterocycles. The van der Waals surface area contributed by atoms with E-state index in [-0.39, 0.29) is 36.4 Å². The second kappa shape index (κ2) is 10.0. The predicted molar refractivity (Wildman–Crippen MR) is 133 cm³/mol. The second-order valence-corrected chi connectivity index (χ2v) is 9.24. The molecule has 4 aromatic rings. The van der Waals surface area contributed by atoms with Crippen LogP contribution < -0.4 is 5.32 Å². The lowest BCUT2D eigenvalue weighted by Gasteiger charge is -2.27. The van der Waals surface area contributed by atoms with Gasteiger partial charge in [0.1, 0.15) is 11.6 Å². The number of aliphatic carboxylic acids is 1. The van der Waals surface area contributed by atoms with Crippen molar-refractivity contribution < 1.29 is 23.5 Å². The fraction of sp³-hybridized carbons (Fsp3) is 0.241. The fourth-order valence-electron chi connectivity index (χ4n) is 5.28. The molecule has 0 spiro atoms. The van der Waals surface area contributed by atoms with Gasteiger partial charge in [-0.1, -0.05) is 42.5 Å². The van der Waals surface area contributed by atoms with Crippen LogP contribution in [0.3, 0.4) is 0 Å². The van der Waals surface area contributed by atoms with Crippen LogP contribution in [0.1, 0.15) is 34.7 Å². The summed E-state index contributed by atoms with van der Waals surface area (Å²) in [6.45, 7) is 0.723. The summed E-state index contributed by atoms with van der Waals surface area (Å²) in [5, 5.41) is 13.8. The maximum Gasteiger partial charge on any atom is 0.307 e. The Morgan fingerprint density at radius 2 is 1.56 bits per heavy atom. The van der Waals surface area contributed by atoms with Crippen LogP contribution in [0.15, 0.2) is 72.8 Å². The van der Waals surface area contributed by atoms with Gasteiger partial charge in [-0.05, 0) is 59.9 Å². The van der Waals surface area contributed by atoms with Crippen molar-refractivity contribution in [3.8, 4) is 0 Å². The Balaban J connectivity index is 1.36. The zero-order valence-corrected chi connectivity index (χ0v) is 19.6. The molecule has 5 rings (SSSR count). The summed E-state index contributed by atoms with van der Waals surface area (Å²) in [5.41, 5.74) is 4.20. The highest BCUT2D eigenvalue weighted by atomic mass is 19.1. The van der Waals surface area contributed by atoms with Crippen molar-refractivity contribution in [3.05, 3.63) is 107 Å². The van der Waals surface area contributed by atoms with Gasteiger partial charge >= 0.3 is 5.97 Å². The molecule has 2 heterocycles. The minimum Gasteiger partial charge on any atom is -0.481 e. The number of nitrogens with one attached hydrogen (secondary N) is 1. The number of benzene rings is 3. The van der Waals surface area contributed by atoms with E-state index in [0.29, 0.717) is 24.1 Å². The number of carboxylic acids is 1. The molecule has 0 fully saturated rings. The van der Waals surface area contributed by atoms with Gasteiger partial charge in [0.2, 0.25) is 0 Å². The molecule has 7 heteroatoms. The Bertz CT molecular complexity index is 1370. The van der Waals surface area contributed by atoms with Gasteiger partial charge in [0, 0.05) is 29.2 Å². The van der Waals surface area contributed by atoms with Crippen LogP contribution in [-0.4, -0.2) is 34.0 Å². The van der Waals surface area contributed by atoms with Crippen LogP contribution in [0.25, 0.3) is 10.9 Å². The van der Waals surface area contributed by atoms with E-state index in [2.05, 4.69) is 9.88 Å². The van der Waals surface area contributed by atoms with Crippen molar-refractivity contribution in [1.82, 2.24) is 9.88 Å². The average Bonchev–Trinajstić information content (AvgIpc) is 3.18. The summed E-state index contributed by atoms with van der Waals surface area (Å²) < 4.78 is 29.2. The summed E-state index contributed by atoms with van der Waals surface area (Å²) in [6.07, 6.45) is 1.47. The van der Waals surface area contributed by atoms with Crippen LogP contribution in [0, 0.1) is 11.6 Å². The molecule has 2 N–H and O–H groups in total. The van der Waals surface area contributed by atoms with Crippen molar-refractivity contribution in [3.63, 3.8) is 0 Å². The number of Topliss-reactive ketones (excluding diaryl/α,β-unsaturated/α-hetero) is 1. The first kappa shape index (κ1) is 23.9. The number of ketones is 1. The standard InChI is InChI=1S/C29H26F2N2O3/c30-20-9-5-18(6-10-20)29(19-7-11-21(31)12-8-19)27(34)16-32-22-13-14-26-24(15-28(35)36)23-3-1-2-4-25(23)33(26)17-22/h1-12,22,29,32H,13-17H2,(H,35,36)/t22-/m1/s1. The molecule has 5 nitrogen and oxygen atoms in total. The highest BCUT2D eigenvalue weighted by Crippen LogP contribution is 2.32. The Morgan fingerprint density at radius 1 is 0.944 bits per heavy atom. The summed E-state index contributed by atoms with van der Waals surface area (Å²) in [5.74, 6) is -2.37. The van der Waals surface area contributed by atoms with E-state index in [1.54, 1.807) is 24.3 Å². The lowest BCUT2D eigenvalue weighted by Crippen LogP contribution is -2.41. The lowest BCUT2D eigenvalue weighted by molar-refractivity contribution is -0.136. The molecular formula is C29H26F2N2O3. The summed E-state index contributed by atoms with van der Waals surface area (Å²) in [6, 6.07) is 19.5. The molecule has 0 bridgehead atoms. The molecule has 184 valence electrons. The number of halogens is 2. The normalized spacial score (nSPS) is 15.2. The number of aromatic nitrogens is 1. The van der Waals surface area contributed by atoms with Crippen LogP contribution in [0.2, 0.25) is 0 Å². The Hall–Kier alpha value is -3.84. The van der Waals surface area contributed by atoms with Crippen molar-refractivity contribution in [2.45, 2.75) is 37.8 Å². The highest BCUT2D eigenvalue weighted by Gasteiger charge is 2.28. The molecular weight excluding hydrogens is 462 g/mol. The number of para-hydroxylation sites is 1. The van der Waals surface area contributed by atoms with Gasteiger partial charge < -0.3 is 15.0 Å². The Kier molecular flexibility index (Phi) is 6.65. The number of nitrogens with zero attached hydrogens (tertiary/aromatic N) is 1. The minimum absolute atomic E-state index is 0.0174. The second-order valence-electron chi connectivity index (χ2n) is 9.24. The lowest BCUT2D eigenvalue weighted by atomic mass is 9.87. The SMILES string of the molecule is O=C(O)Cc1c2n(c3ccccc13)C[C@H](NCC(=O)C(c1ccc(F)cc1)c1ccc(F)cc1)CC2. The maximum atomic E-state index is 13.5. The zero-order valence-electron chi connectivity index (χ0n) is 19.6. The fourth-order valence-corrected chi connectivity index (χ4v) is 5.28. The number of rotatable bonds is 8. The van der Waals surface area contributed by atoms with Crippen molar-refractivity contribution in [2.75, 3.05) is 6.54 Å². The highest BCUT2D eigenvalue weighted by molar-refractivity contribution is 5.91. The third-order valence-electron chi connectivity index (χ3n) is 6.95. The number of carboxylic acid groups (broad SMARTS) is 1. The zero-order chi connectivity index (χ0) is 25.2. The average molecular weight is 489 g/mol. The maximum absolute atomic E-state index is 13.5. The van der Waals surface area contributed by atoms with Gasteiger partial charge in [-0.15, -0.1) is 0 Å². The Labute approximate surface area is 207 Å². The molecule has 0 aliphatic carbocycles. The quantitative estimate of drug-likeness (QED) is 0.372. The van der Waals surface area contributed by atoms with Gasteiger partial charge in [0.25, 0.3) is 0 Å². The summed E-state index contributed by atoms with van der Waals surface area (Å²) in [4.78, 5) is 24.9. The van der Waals surface area contributed by atoms with E-state index in [9.17, 15) is 23.5 Å². The number of hydrogen-bond donors (Lipinski definition) is 2.